The molecule has 2 heterocycles. The van der Waals surface area contributed by atoms with Gasteiger partial charge in [-0.2, -0.15) is 0 Å². The fourth-order valence-electron chi connectivity index (χ4n) is 2.10. The molecular weight excluding hydrogens is 254 g/mol. The van der Waals surface area contributed by atoms with E-state index in [-0.39, 0.29) is 5.56 Å². The summed E-state index contributed by atoms with van der Waals surface area (Å²) >= 11 is 0. The molecule has 5 nitrogen and oxygen atoms in total. The molecule has 0 saturated carbocycles. The Bertz CT molecular complexity index is 623. The highest BCUT2D eigenvalue weighted by molar-refractivity contribution is 5.75. The van der Waals surface area contributed by atoms with E-state index in [2.05, 4.69) is 9.97 Å². The standard InChI is InChI=1S/C15H17N3O2/c1-2-18(9-4-10-19)15-13(6-7-14(20)17-15)12-5-3-8-16-11-12/h3,5-8,10-11H,2,4,9H2,1H3,(H,17,20). The monoisotopic (exact) mass is 271 g/mol. The van der Waals surface area contributed by atoms with Crippen molar-refractivity contribution >= 4 is 12.1 Å². The largest absolute Gasteiger partial charge is 0.357 e. The van der Waals surface area contributed by atoms with Crippen molar-refractivity contribution in [1.82, 2.24) is 9.97 Å². The predicted molar refractivity (Wildman–Crippen MR) is 78.9 cm³/mol. The second-order valence-corrected chi connectivity index (χ2v) is 4.36. The van der Waals surface area contributed by atoms with E-state index in [1.165, 1.54) is 6.07 Å². The molecule has 2 aromatic rings. The number of H-pyrrole nitrogens is 1. The van der Waals surface area contributed by atoms with Crippen molar-refractivity contribution in [3.05, 3.63) is 47.0 Å². The summed E-state index contributed by atoms with van der Waals surface area (Å²) in [6.07, 6.45) is 4.77. The number of carbonyl (C=O) groups is 1. The molecule has 0 amide bonds. The molecule has 20 heavy (non-hydrogen) atoms. The second kappa shape index (κ2) is 6.65. The lowest BCUT2D eigenvalue weighted by atomic mass is 10.1. The van der Waals surface area contributed by atoms with Crippen molar-refractivity contribution < 1.29 is 4.79 Å². The van der Waals surface area contributed by atoms with Gasteiger partial charge in [-0.25, -0.2) is 0 Å². The average molecular weight is 271 g/mol. The van der Waals surface area contributed by atoms with Gasteiger partial charge in [0.1, 0.15) is 12.1 Å². The maximum absolute atomic E-state index is 11.6. The number of anilines is 1. The molecule has 0 aliphatic heterocycles. The normalized spacial score (nSPS) is 10.2. The molecule has 1 N–H and O–H groups in total. The van der Waals surface area contributed by atoms with Gasteiger partial charge in [0.05, 0.1) is 0 Å². The minimum absolute atomic E-state index is 0.155. The van der Waals surface area contributed by atoms with Gasteiger partial charge in [0.15, 0.2) is 0 Å². The molecule has 0 bridgehead atoms. The Balaban J connectivity index is 2.47. The Kier molecular flexibility index (Phi) is 4.65. The Morgan fingerprint density at radius 3 is 2.85 bits per heavy atom. The van der Waals surface area contributed by atoms with Crippen LogP contribution in [0.15, 0.2) is 41.5 Å². The molecule has 0 unspecified atom stereocenters. The van der Waals surface area contributed by atoms with E-state index >= 15 is 0 Å². The Morgan fingerprint density at radius 2 is 2.20 bits per heavy atom. The fourth-order valence-corrected chi connectivity index (χ4v) is 2.10. The number of aldehydes is 1. The number of aromatic amines is 1. The number of rotatable bonds is 6. The van der Waals surface area contributed by atoms with Crippen LogP contribution in [-0.2, 0) is 4.79 Å². The number of hydrogen-bond acceptors (Lipinski definition) is 4. The van der Waals surface area contributed by atoms with Crippen molar-refractivity contribution in [2.24, 2.45) is 0 Å². The molecule has 2 aromatic heterocycles. The van der Waals surface area contributed by atoms with Gasteiger partial charge in [-0.15, -0.1) is 0 Å². The van der Waals surface area contributed by atoms with E-state index in [1.807, 2.05) is 24.0 Å². The third-order valence-electron chi connectivity index (χ3n) is 3.09. The van der Waals surface area contributed by atoms with Gasteiger partial charge in [-0.1, -0.05) is 6.07 Å². The number of aromatic nitrogens is 2. The van der Waals surface area contributed by atoms with E-state index in [0.29, 0.717) is 19.5 Å². The lowest BCUT2D eigenvalue weighted by molar-refractivity contribution is -0.107. The first kappa shape index (κ1) is 14.0. The smallest absolute Gasteiger partial charge is 0.249 e. The van der Waals surface area contributed by atoms with Crippen molar-refractivity contribution in [3.8, 4) is 11.1 Å². The molecule has 0 saturated heterocycles. The highest BCUT2D eigenvalue weighted by Gasteiger charge is 2.12. The van der Waals surface area contributed by atoms with E-state index in [1.54, 1.807) is 18.5 Å². The summed E-state index contributed by atoms with van der Waals surface area (Å²) in [4.78, 5) is 31.1. The van der Waals surface area contributed by atoms with Gasteiger partial charge in [-0.3, -0.25) is 9.78 Å². The second-order valence-electron chi connectivity index (χ2n) is 4.36. The number of pyridine rings is 2. The van der Waals surface area contributed by atoms with Crippen molar-refractivity contribution in [3.63, 3.8) is 0 Å². The third-order valence-corrected chi connectivity index (χ3v) is 3.09. The zero-order valence-electron chi connectivity index (χ0n) is 11.4. The van der Waals surface area contributed by atoms with Crippen LogP contribution in [0, 0.1) is 0 Å². The summed E-state index contributed by atoms with van der Waals surface area (Å²) < 4.78 is 0. The lowest BCUT2D eigenvalue weighted by Crippen LogP contribution is -2.27. The Morgan fingerprint density at radius 1 is 1.35 bits per heavy atom. The minimum atomic E-state index is -0.155. The molecule has 0 aromatic carbocycles. The van der Waals surface area contributed by atoms with Crippen LogP contribution in [0.1, 0.15) is 13.3 Å². The molecular formula is C15H17N3O2. The first-order valence-corrected chi connectivity index (χ1v) is 6.58. The van der Waals surface area contributed by atoms with Crippen molar-refractivity contribution in [1.29, 1.82) is 0 Å². The Labute approximate surface area is 117 Å². The van der Waals surface area contributed by atoms with Crippen molar-refractivity contribution in [2.75, 3.05) is 18.0 Å². The molecule has 2 rings (SSSR count). The van der Waals surface area contributed by atoms with E-state index < -0.39 is 0 Å². The SMILES string of the molecule is CCN(CCC=O)c1[nH]c(=O)ccc1-c1cccnc1. The summed E-state index contributed by atoms with van der Waals surface area (Å²) in [7, 11) is 0. The predicted octanol–water partition coefficient (Wildman–Crippen LogP) is 1.85. The zero-order chi connectivity index (χ0) is 14.4. The fraction of sp³-hybridized carbons (Fsp3) is 0.267. The van der Waals surface area contributed by atoms with E-state index in [0.717, 1.165) is 23.2 Å². The minimum Gasteiger partial charge on any atom is -0.357 e. The highest BCUT2D eigenvalue weighted by atomic mass is 16.1. The lowest BCUT2D eigenvalue weighted by Gasteiger charge is -2.24. The highest BCUT2D eigenvalue weighted by Crippen LogP contribution is 2.27. The molecule has 0 radical (unpaired) electrons. The number of hydrogen-bond donors (Lipinski definition) is 1. The van der Waals surface area contributed by atoms with Crippen LogP contribution in [0.3, 0.4) is 0 Å². The molecule has 0 aliphatic rings. The van der Waals surface area contributed by atoms with Gasteiger partial charge in [0.25, 0.3) is 0 Å². The zero-order valence-corrected chi connectivity index (χ0v) is 11.4. The number of carbonyl (C=O) groups excluding carboxylic acids is 1. The van der Waals surface area contributed by atoms with E-state index in [9.17, 15) is 9.59 Å². The number of nitrogens with one attached hydrogen (secondary N) is 1. The molecule has 104 valence electrons. The van der Waals surface area contributed by atoms with Crippen LogP contribution in [0.4, 0.5) is 5.82 Å². The molecule has 5 heteroatoms. The molecule has 0 fully saturated rings. The summed E-state index contributed by atoms with van der Waals surface area (Å²) in [5.74, 6) is 0.731. The van der Waals surface area contributed by atoms with Crippen LogP contribution < -0.4 is 10.5 Å². The van der Waals surface area contributed by atoms with Crippen LogP contribution in [0.2, 0.25) is 0 Å². The molecule has 0 atom stereocenters. The first-order chi connectivity index (χ1) is 9.76. The van der Waals surface area contributed by atoms with Gasteiger partial charge >= 0.3 is 0 Å². The van der Waals surface area contributed by atoms with Gasteiger partial charge < -0.3 is 14.7 Å². The third kappa shape index (κ3) is 3.12. The maximum atomic E-state index is 11.6. The maximum Gasteiger partial charge on any atom is 0.249 e. The van der Waals surface area contributed by atoms with E-state index in [4.69, 9.17) is 0 Å². The summed E-state index contributed by atoms with van der Waals surface area (Å²) in [6.45, 7) is 3.28. The topological polar surface area (TPSA) is 66.1 Å². The summed E-state index contributed by atoms with van der Waals surface area (Å²) in [6, 6.07) is 7.08. The van der Waals surface area contributed by atoms with Crippen LogP contribution in [-0.4, -0.2) is 29.3 Å². The van der Waals surface area contributed by atoms with Gasteiger partial charge in [0, 0.05) is 49.1 Å². The number of nitrogens with zero attached hydrogens (tertiary/aromatic N) is 2. The Hall–Kier alpha value is -2.43. The van der Waals surface area contributed by atoms with Crippen molar-refractivity contribution in [2.45, 2.75) is 13.3 Å². The van der Waals surface area contributed by atoms with Gasteiger partial charge in [0.2, 0.25) is 5.56 Å². The van der Waals surface area contributed by atoms with Crippen LogP contribution in [0.25, 0.3) is 11.1 Å². The first-order valence-electron chi connectivity index (χ1n) is 6.58. The van der Waals surface area contributed by atoms with Gasteiger partial charge in [-0.05, 0) is 19.1 Å². The average Bonchev–Trinajstić information content (AvgIpc) is 2.49. The van der Waals surface area contributed by atoms with Crippen LogP contribution in [0.5, 0.6) is 0 Å². The molecule has 0 spiro atoms. The molecule has 0 aliphatic carbocycles. The summed E-state index contributed by atoms with van der Waals surface area (Å²) in [5.41, 5.74) is 1.69. The summed E-state index contributed by atoms with van der Waals surface area (Å²) in [5, 5.41) is 0. The quantitative estimate of drug-likeness (QED) is 0.814. The van der Waals surface area contributed by atoms with Crippen LogP contribution >= 0.6 is 0 Å².